The van der Waals surface area contributed by atoms with Crippen LogP contribution in [-0.4, -0.2) is 32.5 Å². The molecule has 9 nitrogen and oxygen atoms in total. The first-order valence-corrected chi connectivity index (χ1v) is 6.23. The van der Waals surface area contributed by atoms with Crippen molar-refractivity contribution < 1.29 is 14.2 Å². The van der Waals surface area contributed by atoms with Crippen LogP contribution in [0.25, 0.3) is 0 Å². The lowest BCUT2D eigenvalue weighted by atomic mass is 10.2. The number of nitrogens with zero attached hydrogens (tertiary/aromatic N) is 4. The zero-order valence-electron chi connectivity index (χ0n) is 10.9. The normalized spacial score (nSPS) is 10.4. The molecule has 0 aliphatic carbocycles. The molecule has 1 N–H and O–H groups in total. The number of halogens is 1. The topological polar surface area (TPSA) is 124 Å². The van der Waals surface area contributed by atoms with Crippen LogP contribution in [0.2, 0.25) is 5.15 Å². The molecule has 1 amide bonds. The molecule has 0 fully saturated rings. The summed E-state index contributed by atoms with van der Waals surface area (Å²) in [4.78, 5) is 29.7. The van der Waals surface area contributed by atoms with Gasteiger partial charge in [-0.1, -0.05) is 16.8 Å². The molecular formula is C11H10ClN5O4. The van der Waals surface area contributed by atoms with Crippen LogP contribution in [0.3, 0.4) is 0 Å². The molecule has 0 spiro atoms. The van der Waals surface area contributed by atoms with Crippen LogP contribution < -0.4 is 5.32 Å². The van der Waals surface area contributed by atoms with Gasteiger partial charge in [-0.05, 0) is 6.07 Å². The predicted molar refractivity (Wildman–Crippen MR) is 71.0 cm³/mol. The standard InChI is InChI=1S/C11H10ClN5O4/c1-6-15-8(16-21-6)3-5-14-11(18)7-2-4-13-10(12)9(7)17(19)20/h2,4H,3,5H2,1H3,(H,14,18). The molecule has 21 heavy (non-hydrogen) atoms. The lowest BCUT2D eigenvalue weighted by Crippen LogP contribution is -2.26. The number of aryl methyl sites for hydroxylation is 1. The molecular weight excluding hydrogens is 302 g/mol. The van der Waals surface area contributed by atoms with Crippen molar-refractivity contribution in [1.82, 2.24) is 20.4 Å². The molecule has 110 valence electrons. The predicted octanol–water partition coefficient (Wildman–Crippen LogP) is 1.31. The zero-order valence-corrected chi connectivity index (χ0v) is 11.6. The Morgan fingerprint density at radius 1 is 1.57 bits per heavy atom. The summed E-state index contributed by atoms with van der Waals surface area (Å²) in [5, 5.41) is 16.8. The zero-order chi connectivity index (χ0) is 15.4. The highest BCUT2D eigenvalue weighted by Crippen LogP contribution is 2.25. The Labute approximate surface area is 123 Å². The van der Waals surface area contributed by atoms with Crippen molar-refractivity contribution in [2.45, 2.75) is 13.3 Å². The third-order valence-electron chi connectivity index (χ3n) is 2.51. The Bertz CT molecular complexity index is 687. The van der Waals surface area contributed by atoms with Gasteiger partial charge in [-0.15, -0.1) is 0 Å². The summed E-state index contributed by atoms with van der Waals surface area (Å²) in [6, 6.07) is 1.23. The quantitative estimate of drug-likeness (QED) is 0.501. The molecule has 0 saturated heterocycles. The van der Waals surface area contributed by atoms with Gasteiger partial charge in [0.2, 0.25) is 11.0 Å². The maximum absolute atomic E-state index is 12.0. The minimum Gasteiger partial charge on any atom is -0.351 e. The van der Waals surface area contributed by atoms with Crippen molar-refractivity contribution in [3.05, 3.63) is 44.8 Å². The van der Waals surface area contributed by atoms with Gasteiger partial charge < -0.3 is 9.84 Å². The SMILES string of the molecule is Cc1nc(CCNC(=O)c2ccnc(Cl)c2[N+](=O)[O-])no1. The lowest BCUT2D eigenvalue weighted by Gasteiger charge is -2.04. The maximum Gasteiger partial charge on any atom is 0.319 e. The molecule has 0 aliphatic heterocycles. The number of hydrogen-bond donors (Lipinski definition) is 1. The lowest BCUT2D eigenvalue weighted by molar-refractivity contribution is -0.385. The average Bonchev–Trinajstić information content (AvgIpc) is 2.83. The molecule has 0 bridgehead atoms. The third-order valence-corrected chi connectivity index (χ3v) is 2.79. The number of hydrogen-bond acceptors (Lipinski definition) is 7. The van der Waals surface area contributed by atoms with Gasteiger partial charge in [0.1, 0.15) is 5.56 Å². The highest BCUT2D eigenvalue weighted by Gasteiger charge is 2.24. The van der Waals surface area contributed by atoms with E-state index in [1.54, 1.807) is 6.92 Å². The van der Waals surface area contributed by atoms with E-state index in [-0.39, 0.29) is 17.3 Å². The van der Waals surface area contributed by atoms with Gasteiger partial charge in [0.15, 0.2) is 5.82 Å². The molecule has 0 radical (unpaired) electrons. The molecule has 2 rings (SSSR count). The summed E-state index contributed by atoms with van der Waals surface area (Å²) >= 11 is 5.64. The number of carbonyl (C=O) groups is 1. The number of nitrogens with one attached hydrogen (secondary N) is 1. The van der Waals surface area contributed by atoms with Crippen LogP contribution in [-0.2, 0) is 6.42 Å². The number of nitro groups is 1. The summed E-state index contributed by atoms with van der Waals surface area (Å²) in [6.45, 7) is 1.85. The van der Waals surface area contributed by atoms with Crippen molar-refractivity contribution >= 4 is 23.2 Å². The third kappa shape index (κ3) is 3.51. The molecule has 0 aromatic carbocycles. The molecule has 0 saturated carbocycles. The summed E-state index contributed by atoms with van der Waals surface area (Å²) in [5.74, 6) is 0.245. The fraction of sp³-hybridized carbons (Fsp3) is 0.273. The van der Waals surface area contributed by atoms with Crippen LogP contribution in [0.1, 0.15) is 22.1 Å². The number of carbonyl (C=O) groups excluding carboxylic acids is 1. The summed E-state index contributed by atoms with van der Waals surface area (Å²) in [5.41, 5.74) is -0.670. The molecule has 0 unspecified atom stereocenters. The van der Waals surface area contributed by atoms with Gasteiger partial charge in [0.05, 0.1) is 4.92 Å². The Hall–Kier alpha value is -2.55. The van der Waals surface area contributed by atoms with E-state index in [2.05, 4.69) is 20.4 Å². The van der Waals surface area contributed by atoms with Gasteiger partial charge in [-0.25, -0.2) is 4.98 Å². The first kappa shape index (κ1) is 14.9. The van der Waals surface area contributed by atoms with Crippen LogP contribution in [0, 0.1) is 17.0 Å². The first-order chi connectivity index (χ1) is 9.99. The monoisotopic (exact) mass is 311 g/mol. The van der Waals surface area contributed by atoms with E-state index in [4.69, 9.17) is 16.1 Å². The van der Waals surface area contributed by atoms with Crippen molar-refractivity contribution in [1.29, 1.82) is 0 Å². The van der Waals surface area contributed by atoms with E-state index in [0.717, 1.165) is 0 Å². The summed E-state index contributed by atoms with van der Waals surface area (Å²) < 4.78 is 4.78. The van der Waals surface area contributed by atoms with Crippen LogP contribution in [0.4, 0.5) is 5.69 Å². The first-order valence-electron chi connectivity index (χ1n) is 5.85. The van der Waals surface area contributed by atoms with E-state index in [9.17, 15) is 14.9 Å². The molecule has 2 aromatic heterocycles. The minimum atomic E-state index is -0.743. The van der Waals surface area contributed by atoms with Crippen molar-refractivity contribution in [2.75, 3.05) is 6.54 Å². The number of pyridine rings is 1. The molecule has 2 aromatic rings. The fourth-order valence-corrected chi connectivity index (χ4v) is 1.84. The van der Waals surface area contributed by atoms with E-state index < -0.39 is 16.5 Å². The summed E-state index contributed by atoms with van der Waals surface area (Å²) in [6.07, 6.45) is 1.57. The number of rotatable bonds is 5. The van der Waals surface area contributed by atoms with E-state index in [1.165, 1.54) is 12.3 Å². The molecule has 0 aliphatic rings. The Morgan fingerprint density at radius 3 is 2.95 bits per heavy atom. The van der Waals surface area contributed by atoms with Gasteiger partial charge >= 0.3 is 5.69 Å². The van der Waals surface area contributed by atoms with E-state index >= 15 is 0 Å². The fourth-order valence-electron chi connectivity index (χ4n) is 1.61. The Kier molecular flexibility index (Phi) is 4.43. The maximum atomic E-state index is 12.0. The van der Waals surface area contributed by atoms with Crippen LogP contribution in [0.5, 0.6) is 0 Å². The van der Waals surface area contributed by atoms with E-state index in [1.807, 2.05) is 0 Å². The largest absolute Gasteiger partial charge is 0.351 e. The second-order valence-corrected chi connectivity index (χ2v) is 4.35. The minimum absolute atomic E-state index is 0.149. The number of amides is 1. The van der Waals surface area contributed by atoms with Crippen LogP contribution in [0.15, 0.2) is 16.8 Å². The van der Waals surface area contributed by atoms with Gasteiger partial charge in [0.25, 0.3) is 5.91 Å². The highest BCUT2D eigenvalue weighted by atomic mass is 35.5. The molecule has 2 heterocycles. The van der Waals surface area contributed by atoms with Gasteiger partial charge in [-0.2, -0.15) is 4.98 Å². The van der Waals surface area contributed by atoms with Crippen molar-refractivity contribution in [3.8, 4) is 0 Å². The average molecular weight is 312 g/mol. The Balaban J connectivity index is 2.04. The van der Waals surface area contributed by atoms with Crippen LogP contribution >= 0.6 is 11.6 Å². The molecule has 0 atom stereocenters. The highest BCUT2D eigenvalue weighted by molar-refractivity contribution is 6.32. The van der Waals surface area contributed by atoms with Crippen molar-refractivity contribution in [2.24, 2.45) is 0 Å². The van der Waals surface area contributed by atoms with Crippen molar-refractivity contribution in [3.63, 3.8) is 0 Å². The smallest absolute Gasteiger partial charge is 0.319 e. The molecule has 10 heteroatoms. The Morgan fingerprint density at radius 2 is 2.33 bits per heavy atom. The van der Waals surface area contributed by atoms with Gasteiger partial charge in [0, 0.05) is 26.1 Å². The van der Waals surface area contributed by atoms with Gasteiger partial charge in [-0.3, -0.25) is 14.9 Å². The number of aromatic nitrogens is 3. The second kappa shape index (κ2) is 6.27. The summed E-state index contributed by atoms with van der Waals surface area (Å²) in [7, 11) is 0. The second-order valence-electron chi connectivity index (χ2n) is 3.99. The van der Waals surface area contributed by atoms with E-state index in [0.29, 0.717) is 18.1 Å².